The zero-order valence-corrected chi connectivity index (χ0v) is 8.30. The average molecular weight is 238 g/mol. The van der Waals surface area contributed by atoms with Crippen LogP contribution >= 0.6 is 0 Å². The largest absolute Gasteiger partial charge is 0.394 e. The maximum atomic E-state index is 9.54. The van der Waals surface area contributed by atoms with Crippen molar-refractivity contribution >= 4 is 0 Å². The van der Waals surface area contributed by atoms with Gasteiger partial charge in [-0.25, -0.2) is 0 Å². The smallest absolute Gasteiger partial charge is 0.278 e. The Morgan fingerprint density at radius 2 is 1.75 bits per heavy atom. The van der Waals surface area contributed by atoms with Gasteiger partial charge in [0.1, 0.15) is 24.4 Å². The van der Waals surface area contributed by atoms with Gasteiger partial charge >= 0.3 is 0 Å². The van der Waals surface area contributed by atoms with Crippen molar-refractivity contribution in [3.05, 3.63) is 0 Å². The molecule has 0 aliphatic carbocycles. The van der Waals surface area contributed by atoms with Crippen LogP contribution in [-0.2, 0) is 18.9 Å². The summed E-state index contributed by atoms with van der Waals surface area (Å²) in [5, 5.41) is 37.3. The highest BCUT2D eigenvalue weighted by molar-refractivity contribution is 4.88. The normalized spacial score (nSPS) is 45.4. The minimum Gasteiger partial charge on any atom is -0.394 e. The molecule has 0 aromatic heterocycles. The van der Waals surface area contributed by atoms with E-state index < -0.39 is 43.8 Å². The molecule has 0 aromatic carbocycles. The van der Waals surface area contributed by atoms with Crippen molar-refractivity contribution < 1.29 is 39.4 Å². The second-order valence-corrected chi connectivity index (χ2v) is 3.57. The fourth-order valence-electron chi connectivity index (χ4n) is 1.49. The van der Waals surface area contributed by atoms with Gasteiger partial charge in [-0.2, -0.15) is 0 Å². The molecular formula is C8H14O8. The zero-order valence-electron chi connectivity index (χ0n) is 8.30. The van der Waals surface area contributed by atoms with E-state index in [0.29, 0.717) is 0 Å². The lowest BCUT2D eigenvalue weighted by Gasteiger charge is -2.41. The molecule has 2 fully saturated rings. The van der Waals surface area contributed by atoms with Gasteiger partial charge in [0.2, 0.25) is 0 Å². The lowest BCUT2D eigenvalue weighted by molar-refractivity contribution is -0.464. The highest BCUT2D eigenvalue weighted by Gasteiger charge is 2.45. The Labute approximate surface area is 90.9 Å². The van der Waals surface area contributed by atoms with Crippen molar-refractivity contribution in [1.29, 1.82) is 0 Å². The molecule has 2 heterocycles. The molecule has 2 aliphatic heterocycles. The van der Waals surface area contributed by atoms with Gasteiger partial charge in [-0.3, -0.25) is 4.74 Å². The van der Waals surface area contributed by atoms with E-state index >= 15 is 0 Å². The van der Waals surface area contributed by atoms with E-state index in [1.165, 1.54) is 0 Å². The summed E-state index contributed by atoms with van der Waals surface area (Å²) in [7, 11) is 0. The van der Waals surface area contributed by atoms with Crippen LogP contribution in [0.15, 0.2) is 0 Å². The maximum Gasteiger partial charge on any atom is 0.278 e. The Kier molecular flexibility index (Phi) is 3.72. The molecule has 0 aromatic rings. The summed E-state index contributed by atoms with van der Waals surface area (Å²) in [5.74, 6) is 0. The number of ether oxygens (including phenoxy) is 4. The standard InChI is InChI=1S/C8H14O8/c9-1-3-4(10)5(11)6(12)7(15-3)16-8-13-2-14-8/h3-12H,1-2H2/t3-,4+,5+,6-,7-/m1/s1. The number of aliphatic hydroxyl groups excluding tert-OH is 4. The Morgan fingerprint density at radius 3 is 2.25 bits per heavy atom. The molecule has 8 nitrogen and oxygen atoms in total. The average Bonchev–Trinajstić information content (AvgIpc) is 2.23. The van der Waals surface area contributed by atoms with Gasteiger partial charge in [0, 0.05) is 0 Å². The molecule has 2 rings (SSSR count). The van der Waals surface area contributed by atoms with Crippen LogP contribution in [0.5, 0.6) is 0 Å². The fourth-order valence-corrected chi connectivity index (χ4v) is 1.49. The summed E-state index contributed by atoms with van der Waals surface area (Å²) in [6, 6.07) is 0. The first kappa shape index (κ1) is 12.1. The minimum absolute atomic E-state index is 0.0854. The molecular weight excluding hydrogens is 224 g/mol. The van der Waals surface area contributed by atoms with Crippen LogP contribution in [-0.4, -0.2) is 71.0 Å². The van der Waals surface area contributed by atoms with Crippen LogP contribution in [0, 0.1) is 0 Å². The molecule has 0 bridgehead atoms. The number of rotatable bonds is 3. The van der Waals surface area contributed by atoms with Crippen molar-refractivity contribution in [2.75, 3.05) is 13.4 Å². The van der Waals surface area contributed by atoms with E-state index in [1.807, 2.05) is 0 Å². The molecule has 0 spiro atoms. The third kappa shape index (κ3) is 2.19. The molecule has 0 saturated carbocycles. The molecule has 0 radical (unpaired) electrons. The van der Waals surface area contributed by atoms with Gasteiger partial charge in [-0.1, -0.05) is 0 Å². The van der Waals surface area contributed by atoms with Crippen LogP contribution < -0.4 is 0 Å². The van der Waals surface area contributed by atoms with E-state index in [0.717, 1.165) is 0 Å². The molecule has 16 heavy (non-hydrogen) atoms. The van der Waals surface area contributed by atoms with E-state index in [2.05, 4.69) is 0 Å². The molecule has 0 unspecified atom stereocenters. The Balaban J connectivity index is 1.95. The Hall–Kier alpha value is -0.320. The number of hydrogen-bond acceptors (Lipinski definition) is 8. The van der Waals surface area contributed by atoms with Gasteiger partial charge in [0.15, 0.2) is 13.1 Å². The van der Waals surface area contributed by atoms with Crippen molar-refractivity contribution in [3.8, 4) is 0 Å². The van der Waals surface area contributed by atoms with Crippen LogP contribution in [0.25, 0.3) is 0 Å². The highest BCUT2D eigenvalue weighted by atomic mass is 17.0. The predicted molar refractivity (Wildman–Crippen MR) is 45.7 cm³/mol. The van der Waals surface area contributed by atoms with E-state index in [-0.39, 0.29) is 6.79 Å². The van der Waals surface area contributed by atoms with Gasteiger partial charge in [0.05, 0.1) is 6.61 Å². The third-order valence-electron chi connectivity index (χ3n) is 2.50. The summed E-state index contributed by atoms with van der Waals surface area (Å²) in [4.78, 5) is 0. The van der Waals surface area contributed by atoms with Crippen molar-refractivity contribution in [3.63, 3.8) is 0 Å². The molecule has 94 valence electrons. The Bertz CT molecular complexity index is 230. The van der Waals surface area contributed by atoms with Crippen LogP contribution in [0.2, 0.25) is 0 Å². The first-order valence-electron chi connectivity index (χ1n) is 4.82. The Morgan fingerprint density at radius 1 is 1.06 bits per heavy atom. The van der Waals surface area contributed by atoms with Gasteiger partial charge in [0.25, 0.3) is 6.48 Å². The lowest BCUT2D eigenvalue weighted by Crippen LogP contribution is -2.60. The molecule has 2 saturated heterocycles. The molecule has 0 amide bonds. The van der Waals surface area contributed by atoms with Gasteiger partial charge in [-0.05, 0) is 0 Å². The van der Waals surface area contributed by atoms with Crippen LogP contribution in [0.3, 0.4) is 0 Å². The topological polar surface area (TPSA) is 118 Å². The summed E-state index contributed by atoms with van der Waals surface area (Å²) < 4.78 is 19.6. The molecule has 5 atom stereocenters. The summed E-state index contributed by atoms with van der Waals surface area (Å²) >= 11 is 0. The SMILES string of the molecule is OC[C@H]1O[C@H](OC2OCO2)[C@H](O)[C@@H](O)[C@H]1O. The van der Waals surface area contributed by atoms with Crippen molar-refractivity contribution in [1.82, 2.24) is 0 Å². The second kappa shape index (κ2) is 4.90. The molecule has 4 N–H and O–H groups in total. The first-order chi connectivity index (χ1) is 7.63. The van der Waals surface area contributed by atoms with E-state index in [4.69, 9.17) is 24.1 Å². The third-order valence-corrected chi connectivity index (χ3v) is 2.50. The zero-order chi connectivity index (χ0) is 11.7. The highest BCUT2D eigenvalue weighted by Crippen LogP contribution is 2.24. The van der Waals surface area contributed by atoms with Crippen molar-refractivity contribution in [2.24, 2.45) is 0 Å². The number of aliphatic hydroxyl groups is 4. The summed E-state index contributed by atoms with van der Waals surface area (Å²) in [5.41, 5.74) is 0. The number of hydrogen-bond donors (Lipinski definition) is 4. The maximum absolute atomic E-state index is 9.54. The van der Waals surface area contributed by atoms with Crippen molar-refractivity contribution in [2.45, 2.75) is 37.2 Å². The summed E-state index contributed by atoms with van der Waals surface area (Å²) in [6.07, 6.45) is -6.52. The first-order valence-corrected chi connectivity index (χ1v) is 4.82. The fraction of sp³-hybridized carbons (Fsp3) is 1.00. The molecule has 8 heteroatoms. The minimum atomic E-state index is -1.46. The molecule has 2 aliphatic rings. The summed E-state index contributed by atoms with van der Waals surface area (Å²) in [6.45, 7) is -1.37. The van der Waals surface area contributed by atoms with E-state index in [9.17, 15) is 15.3 Å². The van der Waals surface area contributed by atoms with Crippen LogP contribution in [0.4, 0.5) is 0 Å². The lowest BCUT2D eigenvalue weighted by atomic mass is 9.99. The van der Waals surface area contributed by atoms with Gasteiger partial charge in [-0.15, -0.1) is 0 Å². The van der Waals surface area contributed by atoms with E-state index in [1.54, 1.807) is 0 Å². The second-order valence-electron chi connectivity index (χ2n) is 3.57. The van der Waals surface area contributed by atoms with Crippen LogP contribution in [0.1, 0.15) is 0 Å². The predicted octanol–water partition coefficient (Wildman–Crippen LogP) is -2.91. The van der Waals surface area contributed by atoms with Gasteiger partial charge < -0.3 is 34.6 Å². The quantitative estimate of drug-likeness (QED) is 0.413. The monoisotopic (exact) mass is 238 g/mol.